The summed E-state index contributed by atoms with van der Waals surface area (Å²) >= 11 is 7.10. The van der Waals surface area contributed by atoms with Crippen LogP contribution in [0.1, 0.15) is 29.8 Å². The number of thiophene rings is 1. The van der Waals surface area contributed by atoms with Gasteiger partial charge in [-0.25, -0.2) is 12.8 Å². The van der Waals surface area contributed by atoms with Gasteiger partial charge in [0.2, 0.25) is 15.9 Å². The second kappa shape index (κ2) is 10.2. The molecule has 2 atom stereocenters. The van der Waals surface area contributed by atoms with Crippen molar-refractivity contribution in [3.8, 4) is 0 Å². The number of anilines is 1. The van der Waals surface area contributed by atoms with E-state index in [0.717, 1.165) is 24.1 Å². The lowest BCUT2D eigenvalue weighted by Gasteiger charge is -2.32. The minimum atomic E-state index is -3.86. The monoisotopic (exact) mass is 513 g/mol. The van der Waals surface area contributed by atoms with Gasteiger partial charge >= 0.3 is 0 Å². The fourth-order valence-electron chi connectivity index (χ4n) is 4.02. The van der Waals surface area contributed by atoms with Crippen LogP contribution >= 0.6 is 22.9 Å². The Labute approximate surface area is 201 Å². The molecule has 178 valence electrons. The molecule has 11 heteroatoms. The zero-order valence-electron chi connectivity index (χ0n) is 18.0. The number of rotatable bonds is 7. The third-order valence-electron chi connectivity index (χ3n) is 5.86. The van der Waals surface area contributed by atoms with Gasteiger partial charge in [-0.3, -0.25) is 9.69 Å². The average Bonchev–Trinajstić information content (AvgIpc) is 3.37. The smallest absolute Gasteiger partial charge is 0.245 e. The van der Waals surface area contributed by atoms with Gasteiger partial charge in [-0.1, -0.05) is 17.7 Å². The number of amides is 1. The van der Waals surface area contributed by atoms with Gasteiger partial charge in [-0.15, -0.1) is 11.3 Å². The third-order valence-corrected chi connectivity index (χ3v) is 8.16. The first-order chi connectivity index (χ1) is 15.7. The normalized spacial score (nSPS) is 21.2. The second-order valence-electron chi connectivity index (χ2n) is 7.97. The van der Waals surface area contributed by atoms with E-state index in [1.807, 2.05) is 13.0 Å². The predicted molar refractivity (Wildman–Crippen MR) is 128 cm³/mol. The summed E-state index contributed by atoms with van der Waals surface area (Å²) in [5.74, 6) is -0.974. The lowest BCUT2D eigenvalue weighted by Crippen LogP contribution is -2.41. The molecule has 2 aliphatic rings. The van der Waals surface area contributed by atoms with E-state index in [-0.39, 0.29) is 24.7 Å². The summed E-state index contributed by atoms with van der Waals surface area (Å²) in [7, 11) is -3.86. The highest BCUT2D eigenvalue weighted by molar-refractivity contribution is 7.92. The molecule has 0 saturated carbocycles. The minimum absolute atomic E-state index is 0.0244. The van der Waals surface area contributed by atoms with Gasteiger partial charge < -0.3 is 9.64 Å². The minimum Gasteiger partial charge on any atom is -0.379 e. The van der Waals surface area contributed by atoms with Crippen LogP contribution in [0, 0.1) is 5.82 Å². The molecule has 0 aliphatic carbocycles. The molecule has 3 heterocycles. The van der Waals surface area contributed by atoms with Gasteiger partial charge in [0.25, 0.3) is 0 Å². The van der Waals surface area contributed by atoms with Crippen LogP contribution in [-0.4, -0.2) is 58.1 Å². The van der Waals surface area contributed by atoms with Crippen LogP contribution in [0.2, 0.25) is 4.34 Å². The summed E-state index contributed by atoms with van der Waals surface area (Å²) in [5.41, 5.74) is 0.976. The molecule has 0 spiro atoms. The van der Waals surface area contributed by atoms with Crippen molar-refractivity contribution in [1.82, 2.24) is 9.62 Å². The summed E-state index contributed by atoms with van der Waals surface area (Å²) < 4.78 is 48.1. The number of ether oxygens (including phenoxy) is 1. The molecule has 1 amide bonds. The molecule has 7 nitrogen and oxygen atoms in total. The molecule has 2 unspecified atom stereocenters. The average molecular weight is 514 g/mol. The highest BCUT2D eigenvalue weighted by Crippen LogP contribution is 2.30. The zero-order chi connectivity index (χ0) is 23.6. The Morgan fingerprint density at radius 3 is 2.67 bits per heavy atom. The van der Waals surface area contributed by atoms with Crippen molar-refractivity contribution in [3.05, 3.63) is 56.3 Å². The molecule has 2 fully saturated rings. The summed E-state index contributed by atoms with van der Waals surface area (Å²) in [6.07, 6.45) is 1.67. The SMILES string of the molecule is CC(c1ccc(N2CCC(NS(=O)(=O)C=Cc3ccc(Cl)s3)C2=O)c(F)c1)N1CCOCC1. The summed E-state index contributed by atoms with van der Waals surface area (Å²) in [5, 5.41) is 1.01. The molecule has 33 heavy (non-hydrogen) atoms. The van der Waals surface area contributed by atoms with Crippen LogP contribution in [0.25, 0.3) is 6.08 Å². The topological polar surface area (TPSA) is 79.0 Å². The number of nitrogens with zero attached hydrogens (tertiary/aromatic N) is 2. The zero-order valence-corrected chi connectivity index (χ0v) is 20.4. The summed E-state index contributed by atoms with van der Waals surface area (Å²) in [6, 6.07) is 7.32. The van der Waals surface area contributed by atoms with Gasteiger partial charge in [-0.05, 0) is 49.2 Å². The number of hydrogen-bond acceptors (Lipinski definition) is 6. The Kier molecular flexibility index (Phi) is 7.52. The van der Waals surface area contributed by atoms with Gasteiger partial charge in [0.1, 0.15) is 11.9 Å². The number of hydrogen-bond donors (Lipinski definition) is 1. The van der Waals surface area contributed by atoms with E-state index >= 15 is 0 Å². The van der Waals surface area contributed by atoms with Crippen LogP contribution in [-0.2, 0) is 19.6 Å². The number of halogens is 2. The Bertz CT molecular complexity index is 1150. The van der Waals surface area contributed by atoms with Crippen molar-refractivity contribution >= 4 is 50.6 Å². The Morgan fingerprint density at radius 1 is 1.24 bits per heavy atom. The lowest BCUT2D eigenvalue weighted by molar-refractivity contribution is -0.118. The van der Waals surface area contributed by atoms with E-state index in [4.69, 9.17) is 16.3 Å². The third kappa shape index (κ3) is 5.82. The predicted octanol–water partition coefficient (Wildman–Crippen LogP) is 3.63. The van der Waals surface area contributed by atoms with Crippen molar-refractivity contribution in [2.24, 2.45) is 0 Å². The van der Waals surface area contributed by atoms with E-state index in [1.165, 1.54) is 28.4 Å². The van der Waals surface area contributed by atoms with Gasteiger partial charge in [0, 0.05) is 36.0 Å². The quantitative estimate of drug-likeness (QED) is 0.611. The molecule has 0 radical (unpaired) electrons. The number of nitrogens with one attached hydrogen (secondary N) is 1. The number of morpholine rings is 1. The number of sulfonamides is 1. The number of benzene rings is 1. The highest BCUT2D eigenvalue weighted by atomic mass is 35.5. The maximum absolute atomic E-state index is 15.0. The maximum Gasteiger partial charge on any atom is 0.245 e. The molecule has 1 aromatic carbocycles. The van der Waals surface area contributed by atoms with E-state index < -0.39 is 27.8 Å². The van der Waals surface area contributed by atoms with E-state index in [1.54, 1.807) is 18.2 Å². The van der Waals surface area contributed by atoms with Crippen LogP contribution < -0.4 is 9.62 Å². The van der Waals surface area contributed by atoms with Gasteiger partial charge in [0.05, 0.1) is 23.2 Å². The fourth-order valence-corrected chi connectivity index (χ4v) is 6.09. The Balaban J connectivity index is 1.42. The number of carbonyl (C=O) groups is 1. The first kappa shape index (κ1) is 24.3. The molecular weight excluding hydrogens is 489 g/mol. The molecule has 2 aliphatic heterocycles. The Morgan fingerprint density at radius 2 is 2.00 bits per heavy atom. The van der Waals surface area contributed by atoms with Crippen LogP contribution in [0.15, 0.2) is 35.7 Å². The van der Waals surface area contributed by atoms with Crippen LogP contribution in [0.4, 0.5) is 10.1 Å². The van der Waals surface area contributed by atoms with Crippen LogP contribution in [0.5, 0.6) is 0 Å². The van der Waals surface area contributed by atoms with Gasteiger partial charge in [0.15, 0.2) is 0 Å². The largest absolute Gasteiger partial charge is 0.379 e. The molecule has 0 bridgehead atoms. The number of carbonyl (C=O) groups excluding carboxylic acids is 1. The Hall–Kier alpha value is -1.82. The fraction of sp³-hybridized carbons (Fsp3) is 0.409. The molecular formula is C22H25ClFN3O4S2. The molecule has 2 saturated heterocycles. The first-order valence-electron chi connectivity index (χ1n) is 10.6. The first-order valence-corrected chi connectivity index (χ1v) is 13.4. The van der Waals surface area contributed by atoms with Crippen molar-refractivity contribution in [1.29, 1.82) is 0 Å². The highest BCUT2D eigenvalue weighted by Gasteiger charge is 2.36. The van der Waals surface area contributed by atoms with Crippen LogP contribution in [0.3, 0.4) is 0 Å². The second-order valence-corrected chi connectivity index (χ2v) is 11.3. The molecule has 2 aromatic rings. The lowest BCUT2D eigenvalue weighted by atomic mass is 10.1. The standard InChI is InChI=1S/C22H25ClFN3O4S2/c1-15(26-9-11-31-12-10-26)16-2-4-20(18(24)14-16)27-8-6-19(22(27)28)25-33(29,30)13-7-17-3-5-21(23)32-17/h2-5,7,13-15,19,25H,6,8-12H2,1H3. The van der Waals surface area contributed by atoms with Crippen molar-refractivity contribution in [2.75, 3.05) is 37.7 Å². The van der Waals surface area contributed by atoms with E-state index in [9.17, 15) is 17.6 Å². The van der Waals surface area contributed by atoms with Crippen molar-refractivity contribution < 1.29 is 22.3 Å². The molecule has 1 aromatic heterocycles. The van der Waals surface area contributed by atoms with E-state index in [0.29, 0.717) is 22.4 Å². The van der Waals surface area contributed by atoms with E-state index in [2.05, 4.69) is 9.62 Å². The summed E-state index contributed by atoms with van der Waals surface area (Å²) in [4.78, 5) is 17.1. The van der Waals surface area contributed by atoms with Crippen molar-refractivity contribution in [3.63, 3.8) is 0 Å². The van der Waals surface area contributed by atoms with Gasteiger partial charge in [-0.2, -0.15) is 4.72 Å². The summed E-state index contributed by atoms with van der Waals surface area (Å²) in [6.45, 7) is 5.12. The molecule has 4 rings (SSSR count). The van der Waals surface area contributed by atoms with Crippen molar-refractivity contribution in [2.45, 2.75) is 25.4 Å². The molecule has 1 N–H and O–H groups in total. The maximum atomic E-state index is 15.0.